The maximum atomic E-state index is 11.6. The van der Waals surface area contributed by atoms with E-state index in [1.54, 1.807) is 18.2 Å². The topological polar surface area (TPSA) is 65.0 Å². The number of methoxy groups -OCH3 is 2. The van der Waals surface area contributed by atoms with Crippen LogP contribution in [0.5, 0.6) is 11.5 Å². The van der Waals surface area contributed by atoms with Crippen molar-refractivity contribution in [3.63, 3.8) is 0 Å². The smallest absolute Gasteiger partial charge is 0.338 e. The highest BCUT2D eigenvalue weighted by Crippen LogP contribution is 2.27. The molecule has 0 aliphatic heterocycles. The number of aliphatic hydroxyl groups is 1. The lowest BCUT2D eigenvalue weighted by molar-refractivity contribution is 0.0481. The van der Waals surface area contributed by atoms with E-state index in [9.17, 15) is 4.79 Å². The van der Waals surface area contributed by atoms with Gasteiger partial charge in [0.05, 0.1) is 26.4 Å². The Hall–Kier alpha value is -1.75. The molecule has 0 saturated heterocycles. The van der Waals surface area contributed by atoms with Gasteiger partial charge in [-0.1, -0.05) is 0 Å². The summed E-state index contributed by atoms with van der Waals surface area (Å²) in [6.07, 6.45) is 0.430. The van der Waals surface area contributed by atoms with Crippen LogP contribution in [0.25, 0.3) is 0 Å². The van der Waals surface area contributed by atoms with Crippen LogP contribution >= 0.6 is 0 Å². The second kappa shape index (κ2) is 6.75. The number of benzene rings is 1. The molecule has 0 amide bonds. The Kier molecular flexibility index (Phi) is 5.29. The average Bonchev–Trinajstić information content (AvgIpc) is 2.38. The monoisotopic (exact) mass is 240 g/mol. The zero-order chi connectivity index (χ0) is 12.7. The summed E-state index contributed by atoms with van der Waals surface area (Å²) in [6, 6.07) is 4.80. The first-order valence-electron chi connectivity index (χ1n) is 5.23. The molecule has 1 aromatic carbocycles. The third kappa shape index (κ3) is 3.64. The molecule has 17 heavy (non-hydrogen) atoms. The SMILES string of the molecule is COc1ccc(C(=O)OCCCO)cc1OC. The van der Waals surface area contributed by atoms with E-state index in [0.717, 1.165) is 0 Å². The van der Waals surface area contributed by atoms with Crippen LogP contribution in [0.15, 0.2) is 18.2 Å². The maximum Gasteiger partial charge on any atom is 0.338 e. The standard InChI is InChI=1S/C12H16O5/c1-15-10-5-4-9(8-11(10)16-2)12(14)17-7-3-6-13/h4-5,8,13H,3,6-7H2,1-2H3. The second-order valence-corrected chi connectivity index (χ2v) is 3.28. The van der Waals surface area contributed by atoms with Crippen molar-refractivity contribution in [3.05, 3.63) is 23.8 Å². The number of carbonyl (C=O) groups excluding carboxylic acids is 1. The van der Waals surface area contributed by atoms with Crippen molar-refractivity contribution in [1.29, 1.82) is 0 Å². The number of hydrogen-bond acceptors (Lipinski definition) is 5. The van der Waals surface area contributed by atoms with Crippen LogP contribution in [0.3, 0.4) is 0 Å². The van der Waals surface area contributed by atoms with E-state index in [2.05, 4.69) is 0 Å². The summed E-state index contributed by atoms with van der Waals surface area (Å²) in [5.41, 5.74) is 0.389. The Morgan fingerprint density at radius 1 is 1.24 bits per heavy atom. The number of aliphatic hydroxyl groups excluding tert-OH is 1. The van der Waals surface area contributed by atoms with Gasteiger partial charge in [-0.2, -0.15) is 0 Å². The third-order valence-corrected chi connectivity index (χ3v) is 2.15. The predicted octanol–water partition coefficient (Wildman–Crippen LogP) is 1.24. The first-order valence-corrected chi connectivity index (χ1v) is 5.23. The van der Waals surface area contributed by atoms with Gasteiger partial charge in [0.15, 0.2) is 11.5 Å². The highest BCUT2D eigenvalue weighted by Gasteiger charge is 2.11. The van der Waals surface area contributed by atoms with Crippen LogP contribution < -0.4 is 9.47 Å². The van der Waals surface area contributed by atoms with Crippen molar-refractivity contribution in [3.8, 4) is 11.5 Å². The van der Waals surface area contributed by atoms with Gasteiger partial charge in [0.2, 0.25) is 0 Å². The molecule has 0 aromatic heterocycles. The number of carbonyl (C=O) groups is 1. The predicted molar refractivity (Wildman–Crippen MR) is 61.5 cm³/mol. The first-order chi connectivity index (χ1) is 8.22. The van der Waals surface area contributed by atoms with Gasteiger partial charge < -0.3 is 19.3 Å². The summed E-state index contributed by atoms with van der Waals surface area (Å²) >= 11 is 0. The fraction of sp³-hybridized carbons (Fsp3) is 0.417. The number of ether oxygens (including phenoxy) is 3. The molecule has 0 unspecified atom stereocenters. The maximum absolute atomic E-state index is 11.6. The summed E-state index contributed by atoms with van der Waals surface area (Å²) < 4.78 is 15.1. The summed E-state index contributed by atoms with van der Waals surface area (Å²) in [5, 5.41) is 8.57. The highest BCUT2D eigenvalue weighted by atomic mass is 16.5. The van der Waals surface area contributed by atoms with Gasteiger partial charge in [0.25, 0.3) is 0 Å². The molecular weight excluding hydrogens is 224 g/mol. The van der Waals surface area contributed by atoms with Crippen LogP contribution in [0, 0.1) is 0 Å². The fourth-order valence-corrected chi connectivity index (χ4v) is 1.28. The Morgan fingerprint density at radius 2 is 1.94 bits per heavy atom. The highest BCUT2D eigenvalue weighted by molar-refractivity contribution is 5.90. The second-order valence-electron chi connectivity index (χ2n) is 3.28. The quantitative estimate of drug-likeness (QED) is 0.598. The van der Waals surface area contributed by atoms with E-state index < -0.39 is 5.97 Å². The molecule has 1 rings (SSSR count). The molecule has 0 bridgehead atoms. The molecule has 0 aliphatic carbocycles. The van der Waals surface area contributed by atoms with Crippen molar-refractivity contribution in [1.82, 2.24) is 0 Å². The zero-order valence-corrected chi connectivity index (χ0v) is 9.93. The van der Waals surface area contributed by atoms with E-state index in [0.29, 0.717) is 23.5 Å². The molecule has 0 saturated carbocycles. The molecule has 0 atom stereocenters. The van der Waals surface area contributed by atoms with Crippen molar-refractivity contribution < 1.29 is 24.1 Å². The minimum absolute atomic E-state index is 0.000780. The van der Waals surface area contributed by atoms with Gasteiger partial charge in [-0.25, -0.2) is 4.79 Å². The summed E-state index contributed by atoms with van der Waals surface area (Å²) in [4.78, 5) is 11.6. The van der Waals surface area contributed by atoms with Crippen LogP contribution in [-0.4, -0.2) is 38.5 Å². The summed E-state index contributed by atoms with van der Waals surface area (Å²) in [7, 11) is 3.02. The molecule has 5 nitrogen and oxygen atoms in total. The number of esters is 1. The summed E-state index contributed by atoms with van der Waals surface area (Å²) in [5.74, 6) is 0.586. The zero-order valence-electron chi connectivity index (χ0n) is 9.93. The lowest BCUT2D eigenvalue weighted by Gasteiger charge is -2.09. The normalized spacial score (nSPS) is 9.82. The van der Waals surface area contributed by atoms with Gasteiger partial charge in [-0.3, -0.25) is 0 Å². The van der Waals surface area contributed by atoms with E-state index >= 15 is 0 Å². The van der Waals surface area contributed by atoms with Crippen molar-refractivity contribution in [2.45, 2.75) is 6.42 Å². The van der Waals surface area contributed by atoms with Gasteiger partial charge in [-0.05, 0) is 18.2 Å². The number of rotatable bonds is 6. The first kappa shape index (κ1) is 13.3. The van der Waals surface area contributed by atoms with E-state index in [1.807, 2.05) is 0 Å². The largest absolute Gasteiger partial charge is 0.493 e. The Balaban J connectivity index is 2.74. The molecule has 1 N–H and O–H groups in total. The molecule has 0 aliphatic rings. The summed E-state index contributed by atoms with van der Waals surface area (Å²) in [6.45, 7) is 0.197. The Morgan fingerprint density at radius 3 is 2.53 bits per heavy atom. The van der Waals surface area contributed by atoms with Gasteiger partial charge in [-0.15, -0.1) is 0 Å². The minimum atomic E-state index is -0.445. The molecule has 5 heteroatoms. The third-order valence-electron chi connectivity index (χ3n) is 2.15. The van der Waals surface area contributed by atoms with Gasteiger partial charge >= 0.3 is 5.97 Å². The van der Waals surface area contributed by atoms with Crippen LogP contribution in [0.4, 0.5) is 0 Å². The molecule has 0 fully saturated rings. The van der Waals surface area contributed by atoms with Gasteiger partial charge in [0, 0.05) is 13.0 Å². The molecule has 0 spiro atoms. The minimum Gasteiger partial charge on any atom is -0.493 e. The van der Waals surface area contributed by atoms with E-state index in [4.69, 9.17) is 19.3 Å². The van der Waals surface area contributed by atoms with Crippen molar-refractivity contribution in [2.24, 2.45) is 0 Å². The number of hydrogen-bond donors (Lipinski definition) is 1. The van der Waals surface area contributed by atoms with Crippen LogP contribution in [-0.2, 0) is 4.74 Å². The van der Waals surface area contributed by atoms with Crippen LogP contribution in [0.2, 0.25) is 0 Å². The van der Waals surface area contributed by atoms with E-state index in [1.165, 1.54) is 14.2 Å². The average molecular weight is 240 g/mol. The molecule has 0 heterocycles. The van der Waals surface area contributed by atoms with Crippen LogP contribution in [0.1, 0.15) is 16.8 Å². The lowest BCUT2D eigenvalue weighted by atomic mass is 10.2. The van der Waals surface area contributed by atoms with Crippen molar-refractivity contribution >= 4 is 5.97 Å². The Labute approximate surface area is 99.9 Å². The Bertz CT molecular complexity index is 375. The van der Waals surface area contributed by atoms with E-state index in [-0.39, 0.29) is 13.2 Å². The fourth-order valence-electron chi connectivity index (χ4n) is 1.28. The molecule has 94 valence electrons. The van der Waals surface area contributed by atoms with Crippen molar-refractivity contribution in [2.75, 3.05) is 27.4 Å². The van der Waals surface area contributed by atoms with Gasteiger partial charge in [0.1, 0.15) is 0 Å². The lowest BCUT2D eigenvalue weighted by Crippen LogP contribution is -2.07. The molecule has 1 aromatic rings. The molecular formula is C12H16O5. The molecule has 0 radical (unpaired) electrons.